The Balaban J connectivity index is 1.68. The van der Waals surface area contributed by atoms with Gasteiger partial charge in [-0.15, -0.1) is 11.3 Å². The van der Waals surface area contributed by atoms with Gasteiger partial charge in [0, 0.05) is 11.4 Å². The number of thiophene rings is 1. The van der Waals surface area contributed by atoms with E-state index in [4.69, 9.17) is 4.98 Å². The van der Waals surface area contributed by atoms with E-state index in [2.05, 4.69) is 27.5 Å². The summed E-state index contributed by atoms with van der Waals surface area (Å²) in [5.41, 5.74) is 3.11. The van der Waals surface area contributed by atoms with Crippen molar-refractivity contribution in [2.45, 2.75) is 38.2 Å². The van der Waals surface area contributed by atoms with Crippen LogP contribution >= 0.6 is 23.1 Å². The molecule has 0 spiro atoms. The first-order chi connectivity index (χ1) is 12.1. The van der Waals surface area contributed by atoms with Crippen molar-refractivity contribution in [2.75, 3.05) is 0 Å². The van der Waals surface area contributed by atoms with Gasteiger partial charge in [0.15, 0.2) is 5.16 Å². The number of benzene rings is 1. The molecule has 128 valence electrons. The number of aromatic nitrogens is 4. The number of aryl methyl sites for hydroxylation is 3. The van der Waals surface area contributed by atoms with Crippen molar-refractivity contribution in [1.82, 2.24) is 19.5 Å². The molecule has 3 aromatic heterocycles. The van der Waals surface area contributed by atoms with Crippen LogP contribution in [0.1, 0.15) is 23.2 Å². The average Bonchev–Trinajstić information content (AvgIpc) is 3.10. The molecule has 4 rings (SSSR count). The van der Waals surface area contributed by atoms with Gasteiger partial charge in [-0.25, -0.2) is 9.97 Å². The van der Waals surface area contributed by atoms with E-state index >= 15 is 0 Å². The molecular formula is C18H18N4OS2. The van der Waals surface area contributed by atoms with Crippen LogP contribution < -0.4 is 5.56 Å². The summed E-state index contributed by atoms with van der Waals surface area (Å²) < 4.78 is 2.19. The fraction of sp³-hybridized carbons (Fsp3) is 0.278. The number of nitrogens with one attached hydrogen (secondary N) is 1. The van der Waals surface area contributed by atoms with E-state index in [1.165, 1.54) is 0 Å². The lowest BCUT2D eigenvalue weighted by Crippen LogP contribution is -2.11. The number of hydrogen-bond donors (Lipinski definition) is 1. The van der Waals surface area contributed by atoms with Gasteiger partial charge < -0.3 is 9.55 Å². The molecule has 0 aliphatic rings. The Hall–Kier alpha value is -2.12. The summed E-state index contributed by atoms with van der Waals surface area (Å²) in [5, 5.41) is 1.67. The highest BCUT2D eigenvalue weighted by Crippen LogP contribution is 2.28. The second-order valence-corrected chi connectivity index (χ2v) is 8.04. The Morgan fingerprint density at radius 3 is 2.84 bits per heavy atom. The van der Waals surface area contributed by atoms with Crippen LogP contribution in [0, 0.1) is 13.8 Å². The minimum Gasteiger partial charge on any atom is -0.319 e. The quantitative estimate of drug-likeness (QED) is 0.545. The number of imidazole rings is 1. The van der Waals surface area contributed by atoms with Gasteiger partial charge in [0.25, 0.3) is 5.56 Å². The third-order valence-electron chi connectivity index (χ3n) is 4.36. The predicted octanol–water partition coefficient (Wildman–Crippen LogP) is 4.26. The monoisotopic (exact) mass is 370 g/mol. The Morgan fingerprint density at radius 1 is 1.24 bits per heavy atom. The van der Waals surface area contributed by atoms with E-state index in [0.29, 0.717) is 11.6 Å². The fourth-order valence-electron chi connectivity index (χ4n) is 2.97. The van der Waals surface area contributed by atoms with Crippen LogP contribution in [0.2, 0.25) is 0 Å². The highest BCUT2D eigenvalue weighted by molar-refractivity contribution is 7.98. The smallest absolute Gasteiger partial charge is 0.259 e. The van der Waals surface area contributed by atoms with Crippen LogP contribution in [0.25, 0.3) is 21.3 Å². The van der Waals surface area contributed by atoms with E-state index in [9.17, 15) is 4.79 Å². The Labute approximate surface area is 153 Å². The standard InChI is InChI=1S/C18H18N4OS2/c1-4-22-13-8-6-5-7-12(13)19-18(22)24-9-14-20-16(23)15-10(2)11(3)25-17(15)21-14/h5-8H,4,9H2,1-3H3,(H,20,21,23). The first-order valence-corrected chi connectivity index (χ1v) is 9.95. The molecule has 0 saturated heterocycles. The summed E-state index contributed by atoms with van der Waals surface area (Å²) in [5.74, 6) is 1.28. The molecule has 1 N–H and O–H groups in total. The largest absolute Gasteiger partial charge is 0.319 e. The number of rotatable bonds is 4. The van der Waals surface area contributed by atoms with Gasteiger partial charge in [0.05, 0.1) is 22.2 Å². The second kappa shape index (κ2) is 6.31. The molecule has 3 heterocycles. The van der Waals surface area contributed by atoms with Gasteiger partial charge in [0.1, 0.15) is 10.7 Å². The molecule has 0 radical (unpaired) electrons. The molecule has 0 fully saturated rings. The zero-order chi connectivity index (χ0) is 17.6. The summed E-state index contributed by atoms with van der Waals surface area (Å²) in [6, 6.07) is 8.13. The molecule has 0 aliphatic heterocycles. The topological polar surface area (TPSA) is 63.6 Å². The van der Waals surface area contributed by atoms with E-state index in [1.54, 1.807) is 23.1 Å². The van der Waals surface area contributed by atoms with Crippen molar-refractivity contribution in [3.63, 3.8) is 0 Å². The average molecular weight is 371 g/mol. The summed E-state index contributed by atoms with van der Waals surface area (Å²) >= 11 is 3.18. The number of hydrogen-bond acceptors (Lipinski definition) is 5. The number of nitrogens with zero attached hydrogens (tertiary/aromatic N) is 3. The number of aromatic amines is 1. The van der Waals surface area contributed by atoms with E-state index in [-0.39, 0.29) is 5.56 Å². The summed E-state index contributed by atoms with van der Waals surface area (Å²) in [7, 11) is 0. The number of fused-ring (bicyclic) bond motifs is 2. The number of thioether (sulfide) groups is 1. The summed E-state index contributed by atoms with van der Waals surface area (Å²) in [6.07, 6.45) is 0. The lowest BCUT2D eigenvalue weighted by atomic mass is 10.2. The van der Waals surface area contributed by atoms with Crippen LogP contribution in [0.3, 0.4) is 0 Å². The molecule has 0 bridgehead atoms. The second-order valence-electron chi connectivity index (χ2n) is 5.89. The van der Waals surface area contributed by atoms with Crippen LogP contribution in [-0.4, -0.2) is 19.5 Å². The Kier molecular flexibility index (Phi) is 4.13. The minimum atomic E-state index is -0.0496. The van der Waals surface area contributed by atoms with Crippen LogP contribution in [0.15, 0.2) is 34.2 Å². The molecule has 1 aromatic carbocycles. The lowest BCUT2D eigenvalue weighted by molar-refractivity contribution is 0.702. The zero-order valence-corrected chi connectivity index (χ0v) is 15.9. The van der Waals surface area contributed by atoms with Gasteiger partial charge in [-0.05, 0) is 38.5 Å². The Bertz CT molecular complexity index is 1140. The van der Waals surface area contributed by atoms with Crippen LogP contribution in [0.4, 0.5) is 0 Å². The van der Waals surface area contributed by atoms with Crippen molar-refractivity contribution in [2.24, 2.45) is 0 Å². The van der Waals surface area contributed by atoms with Crippen molar-refractivity contribution >= 4 is 44.3 Å². The summed E-state index contributed by atoms with van der Waals surface area (Å²) in [6.45, 7) is 6.97. The van der Waals surface area contributed by atoms with Crippen molar-refractivity contribution < 1.29 is 0 Å². The Morgan fingerprint density at radius 2 is 2.04 bits per heavy atom. The first kappa shape index (κ1) is 16.4. The minimum absolute atomic E-state index is 0.0496. The number of para-hydroxylation sites is 2. The summed E-state index contributed by atoms with van der Waals surface area (Å²) in [4.78, 5) is 26.6. The zero-order valence-electron chi connectivity index (χ0n) is 14.3. The van der Waals surface area contributed by atoms with Gasteiger partial charge in [-0.3, -0.25) is 4.79 Å². The molecule has 0 amide bonds. The van der Waals surface area contributed by atoms with E-state index in [0.717, 1.165) is 43.4 Å². The third-order valence-corrected chi connectivity index (χ3v) is 6.45. The third kappa shape index (κ3) is 2.77. The molecule has 0 unspecified atom stereocenters. The van der Waals surface area contributed by atoms with Crippen molar-refractivity contribution in [3.8, 4) is 0 Å². The molecule has 25 heavy (non-hydrogen) atoms. The molecule has 5 nitrogen and oxygen atoms in total. The van der Waals surface area contributed by atoms with E-state index in [1.807, 2.05) is 32.0 Å². The lowest BCUT2D eigenvalue weighted by Gasteiger charge is -2.05. The highest BCUT2D eigenvalue weighted by Gasteiger charge is 2.14. The SMILES string of the molecule is CCn1c(SCc2nc3sc(C)c(C)c3c(=O)[nH]2)nc2ccccc21. The molecule has 7 heteroatoms. The van der Waals surface area contributed by atoms with Gasteiger partial charge in [0.2, 0.25) is 0 Å². The highest BCUT2D eigenvalue weighted by atomic mass is 32.2. The normalized spacial score (nSPS) is 11.6. The van der Waals surface area contributed by atoms with Crippen LogP contribution in [0.5, 0.6) is 0 Å². The van der Waals surface area contributed by atoms with Gasteiger partial charge in [-0.1, -0.05) is 23.9 Å². The fourth-order valence-corrected chi connectivity index (χ4v) is 4.97. The maximum absolute atomic E-state index is 12.4. The van der Waals surface area contributed by atoms with Crippen LogP contribution in [-0.2, 0) is 12.3 Å². The number of H-pyrrole nitrogens is 1. The maximum atomic E-state index is 12.4. The van der Waals surface area contributed by atoms with Crippen molar-refractivity contribution in [1.29, 1.82) is 0 Å². The molecule has 0 saturated carbocycles. The van der Waals surface area contributed by atoms with Crippen molar-refractivity contribution in [3.05, 3.63) is 50.9 Å². The van der Waals surface area contributed by atoms with E-state index < -0.39 is 0 Å². The molecule has 0 atom stereocenters. The predicted molar refractivity (Wildman–Crippen MR) is 105 cm³/mol. The molecular weight excluding hydrogens is 352 g/mol. The molecule has 4 aromatic rings. The maximum Gasteiger partial charge on any atom is 0.259 e. The first-order valence-electron chi connectivity index (χ1n) is 8.15. The molecule has 0 aliphatic carbocycles. The van der Waals surface area contributed by atoms with Gasteiger partial charge >= 0.3 is 0 Å². The van der Waals surface area contributed by atoms with Gasteiger partial charge in [-0.2, -0.15) is 0 Å².